The summed E-state index contributed by atoms with van der Waals surface area (Å²) < 4.78 is 5.99. The third-order valence-corrected chi connectivity index (χ3v) is 4.86. The largest absolute Gasteiger partial charge is 0.488 e. The molecule has 1 aromatic carbocycles. The van der Waals surface area contributed by atoms with Gasteiger partial charge in [0.2, 0.25) is 0 Å². The molecule has 2 nitrogen and oxygen atoms in total. The van der Waals surface area contributed by atoms with Crippen LogP contribution in [-0.4, -0.2) is 30.2 Å². The van der Waals surface area contributed by atoms with E-state index in [0.29, 0.717) is 12.1 Å². The lowest BCUT2D eigenvalue weighted by molar-refractivity contribution is 0.219. The molecular weight excluding hydrogens is 242 g/mol. The number of hydrogen-bond donors (Lipinski definition) is 1. The maximum Gasteiger partial charge on any atom is 0.123 e. The van der Waals surface area contributed by atoms with Crippen LogP contribution in [0.5, 0.6) is 5.75 Å². The number of nitrogens with one attached hydrogen (secondary N) is 1. The second-order valence-corrected chi connectivity index (χ2v) is 6.57. The summed E-state index contributed by atoms with van der Waals surface area (Å²) in [7, 11) is 0. The van der Waals surface area contributed by atoms with Crippen LogP contribution in [0.2, 0.25) is 0 Å². The van der Waals surface area contributed by atoms with Crippen molar-refractivity contribution in [3.05, 3.63) is 29.3 Å². The summed E-state index contributed by atoms with van der Waals surface area (Å²) in [4.78, 5) is 0. The fraction of sp³-hybridized carbons (Fsp3) is 0.600. The summed E-state index contributed by atoms with van der Waals surface area (Å²) in [6.07, 6.45) is 4.01. The SMILES string of the molecule is Cc1ccc2c(c1)CC(CNC1CCSCC1)O2. The summed E-state index contributed by atoms with van der Waals surface area (Å²) in [5.41, 5.74) is 2.70. The van der Waals surface area contributed by atoms with Crippen molar-refractivity contribution >= 4 is 11.8 Å². The van der Waals surface area contributed by atoms with Crippen LogP contribution in [-0.2, 0) is 6.42 Å². The first-order chi connectivity index (χ1) is 8.81. The topological polar surface area (TPSA) is 21.3 Å². The van der Waals surface area contributed by atoms with Gasteiger partial charge in [-0.15, -0.1) is 0 Å². The minimum atomic E-state index is 0.330. The van der Waals surface area contributed by atoms with Crippen molar-refractivity contribution in [3.8, 4) is 5.75 Å². The highest BCUT2D eigenvalue weighted by atomic mass is 32.2. The van der Waals surface area contributed by atoms with Gasteiger partial charge in [0, 0.05) is 19.0 Å². The standard InChI is InChI=1S/C15H21NOS/c1-11-2-3-15-12(8-11)9-14(17-15)10-16-13-4-6-18-7-5-13/h2-3,8,13-14,16H,4-7,9-10H2,1H3. The molecule has 1 N–H and O–H groups in total. The highest BCUT2D eigenvalue weighted by Gasteiger charge is 2.23. The van der Waals surface area contributed by atoms with E-state index in [2.05, 4.69) is 42.2 Å². The number of thioether (sulfide) groups is 1. The summed E-state index contributed by atoms with van der Waals surface area (Å²) >= 11 is 2.08. The lowest BCUT2D eigenvalue weighted by atomic mass is 10.1. The molecule has 2 heterocycles. The van der Waals surface area contributed by atoms with Gasteiger partial charge in [-0.3, -0.25) is 0 Å². The van der Waals surface area contributed by atoms with Gasteiger partial charge in [0.15, 0.2) is 0 Å². The van der Waals surface area contributed by atoms with Gasteiger partial charge in [0.05, 0.1) is 0 Å². The second-order valence-electron chi connectivity index (χ2n) is 5.35. The minimum Gasteiger partial charge on any atom is -0.488 e. The minimum absolute atomic E-state index is 0.330. The van der Waals surface area contributed by atoms with Crippen molar-refractivity contribution in [2.75, 3.05) is 18.1 Å². The molecule has 18 heavy (non-hydrogen) atoms. The zero-order chi connectivity index (χ0) is 12.4. The van der Waals surface area contributed by atoms with E-state index in [1.807, 2.05) is 0 Å². The monoisotopic (exact) mass is 263 g/mol. The predicted octanol–water partition coefficient (Wildman–Crippen LogP) is 2.78. The first-order valence-electron chi connectivity index (χ1n) is 6.88. The molecule has 3 rings (SSSR count). The van der Waals surface area contributed by atoms with Crippen LogP contribution in [0.25, 0.3) is 0 Å². The van der Waals surface area contributed by atoms with Gasteiger partial charge in [-0.25, -0.2) is 0 Å². The molecule has 2 aliphatic heterocycles. The molecule has 0 radical (unpaired) electrons. The number of ether oxygens (including phenoxy) is 1. The third kappa shape index (κ3) is 2.83. The van der Waals surface area contributed by atoms with Crippen LogP contribution in [0.4, 0.5) is 0 Å². The molecule has 0 amide bonds. The molecule has 1 aromatic rings. The molecule has 1 fully saturated rings. The summed E-state index contributed by atoms with van der Waals surface area (Å²) in [5.74, 6) is 3.71. The Kier molecular flexibility index (Phi) is 3.80. The van der Waals surface area contributed by atoms with Crippen LogP contribution in [0.15, 0.2) is 18.2 Å². The van der Waals surface area contributed by atoms with Gasteiger partial charge in [0.25, 0.3) is 0 Å². The number of benzene rings is 1. The maximum atomic E-state index is 5.99. The summed E-state index contributed by atoms with van der Waals surface area (Å²) in [6, 6.07) is 7.21. The molecule has 1 unspecified atom stereocenters. The Morgan fingerprint density at radius 3 is 3.00 bits per heavy atom. The number of aryl methyl sites for hydroxylation is 1. The normalized spacial score (nSPS) is 23.7. The Labute approximate surface area is 113 Å². The van der Waals surface area contributed by atoms with Gasteiger partial charge >= 0.3 is 0 Å². The summed E-state index contributed by atoms with van der Waals surface area (Å²) in [6.45, 7) is 3.13. The highest BCUT2D eigenvalue weighted by molar-refractivity contribution is 7.99. The van der Waals surface area contributed by atoms with E-state index in [4.69, 9.17) is 4.74 Å². The van der Waals surface area contributed by atoms with Gasteiger partial charge < -0.3 is 10.1 Å². The Morgan fingerprint density at radius 1 is 1.33 bits per heavy atom. The van der Waals surface area contributed by atoms with Crippen LogP contribution >= 0.6 is 11.8 Å². The van der Waals surface area contributed by atoms with Crippen molar-refractivity contribution < 1.29 is 4.74 Å². The van der Waals surface area contributed by atoms with Gasteiger partial charge in [0.1, 0.15) is 11.9 Å². The summed E-state index contributed by atoms with van der Waals surface area (Å²) in [5, 5.41) is 3.67. The predicted molar refractivity (Wildman–Crippen MR) is 77.6 cm³/mol. The fourth-order valence-electron chi connectivity index (χ4n) is 2.76. The Bertz CT molecular complexity index is 415. The second kappa shape index (κ2) is 5.54. The van der Waals surface area contributed by atoms with Gasteiger partial charge in [-0.2, -0.15) is 11.8 Å². The van der Waals surface area contributed by atoms with Gasteiger partial charge in [-0.1, -0.05) is 17.7 Å². The molecule has 0 saturated carbocycles. The smallest absolute Gasteiger partial charge is 0.123 e. The molecular formula is C15H21NOS. The molecule has 3 heteroatoms. The van der Waals surface area contributed by atoms with Crippen LogP contribution in [0.1, 0.15) is 24.0 Å². The van der Waals surface area contributed by atoms with E-state index < -0.39 is 0 Å². The first-order valence-corrected chi connectivity index (χ1v) is 8.04. The molecule has 1 saturated heterocycles. The van der Waals surface area contributed by atoms with E-state index in [9.17, 15) is 0 Å². The van der Waals surface area contributed by atoms with E-state index in [0.717, 1.165) is 18.7 Å². The van der Waals surface area contributed by atoms with Crippen LogP contribution in [0.3, 0.4) is 0 Å². The average Bonchev–Trinajstić information content (AvgIpc) is 2.79. The van der Waals surface area contributed by atoms with Crippen molar-refractivity contribution in [2.24, 2.45) is 0 Å². The lowest BCUT2D eigenvalue weighted by Crippen LogP contribution is -2.39. The molecule has 98 valence electrons. The Balaban J connectivity index is 1.51. The van der Waals surface area contributed by atoms with Crippen molar-refractivity contribution in [1.82, 2.24) is 5.32 Å². The number of fused-ring (bicyclic) bond motifs is 1. The molecule has 0 aromatic heterocycles. The Hall–Kier alpha value is -0.670. The van der Waals surface area contributed by atoms with Crippen molar-refractivity contribution in [3.63, 3.8) is 0 Å². The molecule has 0 bridgehead atoms. The van der Waals surface area contributed by atoms with Crippen molar-refractivity contribution in [1.29, 1.82) is 0 Å². The quantitative estimate of drug-likeness (QED) is 0.906. The van der Waals surface area contributed by atoms with E-state index in [1.54, 1.807) is 0 Å². The Morgan fingerprint density at radius 2 is 2.17 bits per heavy atom. The van der Waals surface area contributed by atoms with Crippen molar-refractivity contribution in [2.45, 2.75) is 38.3 Å². The lowest BCUT2D eigenvalue weighted by Gasteiger charge is -2.24. The third-order valence-electron chi connectivity index (χ3n) is 3.81. The van der Waals surface area contributed by atoms with Gasteiger partial charge in [-0.05, 0) is 42.9 Å². The van der Waals surface area contributed by atoms with E-state index in [1.165, 1.54) is 35.5 Å². The number of rotatable bonds is 3. The zero-order valence-corrected chi connectivity index (χ0v) is 11.8. The average molecular weight is 263 g/mol. The molecule has 0 spiro atoms. The maximum absolute atomic E-state index is 5.99. The molecule has 0 aliphatic carbocycles. The van der Waals surface area contributed by atoms with Crippen LogP contribution in [0, 0.1) is 6.92 Å². The highest BCUT2D eigenvalue weighted by Crippen LogP contribution is 2.29. The fourth-order valence-corrected chi connectivity index (χ4v) is 3.87. The van der Waals surface area contributed by atoms with E-state index >= 15 is 0 Å². The van der Waals surface area contributed by atoms with E-state index in [-0.39, 0.29) is 0 Å². The molecule has 1 atom stereocenters. The molecule has 2 aliphatic rings. The zero-order valence-electron chi connectivity index (χ0n) is 10.9. The first kappa shape index (κ1) is 12.4. The van der Waals surface area contributed by atoms with Crippen LogP contribution < -0.4 is 10.1 Å². The number of hydrogen-bond acceptors (Lipinski definition) is 3.